The van der Waals surface area contributed by atoms with Gasteiger partial charge in [-0.3, -0.25) is 4.79 Å². The first-order valence-corrected chi connectivity index (χ1v) is 6.58. The van der Waals surface area contributed by atoms with Crippen LogP contribution in [0.25, 0.3) is 0 Å². The molecule has 2 nitrogen and oxygen atoms in total. The van der Waals surface area contributed by atoms with Crippen LogP contribution < -0.4 is 0 Å². The third-order valence-electron chi connectivity index (χ3n) is 2.05. The second-order valence-corrected chi connectivity index (χ2v) is 3.99. The Bertz CT molecular complexity index is 316. The number of nitrogens with zero attached hydrogens (tertiary/aromatic N) is 1. The molecule has 0 aromatic heterocycles. The molecule has 1 amide bonds. The molecule has 0 aromatic carbocycles. The van der Waals surface area contributed by atoms with Crippen molar-refractivity contribution in [3.05, 3.63) is 34.9 Å². The number of allylic oxidation sites excluding steroid dienone is 4. The summed E-state index contributed by atoms with van der Waals surface area (Å²) >= 11 is 1.60. The van der Waals surface area contributed by atoms with Gasteiger partial charge in [-0.05, 0) is 19.9 Å². The van der Waals surface area contributed by atoms with Gasteiger partial charge in [0.1, 0.15) is 0 Å². The van der Waals surface area contributed by atoms with E-state index in [4.69, 9.17) is 0 Å². The Labute approximate surface area is 103 Å². The summed E-state index contributed by atoms with van der Waals surface area (Å²) in [6.45, 7) is 7.96. The van der Waals surface area contributed by atoms with Crippen molar-refractivity contribution >= 4 is 17.7 Å². The van der Waals surface area contributed by atoms with Gasteiger partial charge in [0.15, 0.2) is 0 Å². The number of amides is 1. The zero-order valence-electron chi connectivity index (χ0n) is 10.8. The normalized spacial score (nSPS) is 21.6. The van der Waals surface area contributed by atoms with Crippen LogP contribution in [0.4, 0.5) is 0 Å². The average molecular weight is 239 g/mol. The molecule has 0 radical (unpaired) electrons. The van der Waals surface area contributed by atoms with E-state index in [9.17, 15) is 4.79 Å². The smallest absolute Gasteiger partial charge is 0.237 e. The molecule has 1 aliphatic heterocycles. The second-order valence-electron chi connectivity index (χ2n) is 2.97. The first kappa shape index (κ1) is 15.0. The topological polar surface area (TPSA) is 20.3 Å². The molecule has 0 aliphatic carbocycles. The Morgan fingerprint density at radius 2 is 1.94 bits per heavy atom. The molecule has 1 fully saturated rings. The van der Waals surface area contributed by atoms with Crippen molar-refractivity contribution < 1.29 is 4.79 Å². The lowest BCUT2D eigenvalue weighted by Crippen LogP contribution is -2.31. The van der Waals surface area contributed by atoms with Gasteiger partial charge in [0.2, 0.25) is 5.91 Å². The van der Waals surface area contributed by atoms with Crippen LogP contribution in [-0.4, -0.2) is 23.6 Å². The van der Waals surface area contributed by atoms with Crippen molar-refractivity contribution in [3.8, 4) is 0 Å². The molecule has 0 N–H and O–H groups in total. The van der Waals surface area contributed by atoms with E-state index >= 15 is 0 Å². The second kappa shape index (κ2) is 8.22. The van der Waals surface area contributed by atoms with Crippen LogP contribution in [0.5, 0.6) is 0 Å². The van der Waals surface area contributed by atoms with E-state index in [0.717, 1.165) is 5.70 Å². The van der Waals surface area contributed by atoms with E-state index in [0.29, 0.717) is 5.75 Å². The van der Waals surface area contributed by atoms with E-state index in [-0.39, 0.29) is 5.91 Å². The van der Waals surface area contributed by atoms with Crippen LogP contribution in [0.15, 0.2) is 34.9 Å². The van der Waals surface area contributed by atoms with E-state index in [1.807, 2.05) is 59.0 Å². The van der Waals surface area contributed by atoms with Gasteiger partial charge in [-0.2, -0.15) is 0 Å². The van der Waals surface area contributed by atoms with Gasteiger partial charge < -0.3 is 4.90 Å². The molecular weight excluding hydrogens is 218 g/mol. The maximum absolute atomic E-state index is 11.4. The zero-order valence-corrected chi connectivity index (χ0v) is 11.6. The Morgan fingerprint density at radius 3 is 2.44 bits per heavy atom. The summed E-state index contributed by atoms with van der Waals surface area (Å²) in [5.41, 5.74) is 0.992. The number of hydrogen-bond donors (Lipinski definition) is 0. The molecule has 1 aliphatic rings. The van der Waals surface area contributed by atoms with Crippen LogP contribution in [-0.2, 0) is 4.79 Å². The summed E-state index contributed by atoms with van der Waals surface area (Å²) in [7, 11) is 1.82. The Kier molecular flexibility index (Phi) is 7.73. The molecule has 1 rings (SSSR count). The minimum Gasteiger partial charge on any atom is -0.314 e. The molecule has 1 heterocycles. The van der Waals surface area contributed by atoms with Gasteiger partial charge in [-0.1, -0.05) is 32.1 Å². The molecule has 0 bridgehead atoms. The van der Waals surface area contributed by atoms with Crippen molar-refractivity contribution in [2.24, 2.45) is 0 Å². The SMILES string of the molecule is CC.C\C=C/C=C1\C(=C/C)SCC(=O)N1C. The monoisotopic (exact) mass is 239 g/mol. The maximum atomic E-state index is 11.4. The third kappa shape index (κ3) is 3.89. The zero-order chi connectivity index (χ0) is 12.6. The minimum absolute atomic E-state index is 0.163. The van der Waals surface area contributed by atoms with E-state index in [1.165, 1.54) is 4.91 Å². The summed E-state index contributed by atoms with van der Waals surface area (Å²) in [6, 6.07) is 0. The van der Waals surface area contributed by atoms with Crippen LogP contribution >= 0.6 is 11.8 Å². The fourth-order valence-corrected chi connectivity index (χ4v) is 2.21. The van der Waals surface area contributed by atoms with E-state index < -0.39 is 0 Å². The number of thioether (sulfide) groups is 1. The first-order chi connectivity index (χ1) is 7.70. The van der Waals surface area contributed by atoms with Crippen LogP contribution in [0.1, 0.15) is 27.7 Å². The highest BCUT2D eigenvalue weighted by Crippen LogP contribution is 2.31. The number of carbonyl (C=O) groups excluding carboxylic acids is 1. The minimum atomic E-state index is 0.163. The summed E-state index contributed by atoms with van der Waals surface area (Å²) < 4.78 is 0. The van der Waals surface area contributed by atoms with Crippen molar-refractivity contribution in [2.45, 2.75) is 27.7 Å². The van der Waals surface area contributed by atoms with Gasteiger partial charge in [-0.15, -0.1) is 11.8 Å². The molecule has 0 unspecified atom stereocenters. The molecule has 0 atom stereocenters. The highest BCUT2D eigenvalue weighted by atomic mass is 32.2. The molecule has 3 heteroatoms. The predicted molar refractivity (Wildman–Crippen MR) is 73.2 cm³/mol. The number of rotatable bonds is 1. The lowest BCUT2D eigenvalue weighted by molar-refractivity contribution is -0.125. The van der Waals surface area contributed by atoms with E-state index in [1.54, 1.807) is 16.7 Å². The lowest BCUT2D eigenvalue weighted by Gasteiger charge is -2.27. The molecule has 0 spiro atoms. The molecular formula is C13H21NOS. The molecule has 0 saturated carbocycles. The quantitative estimate of drug-likeness (QED) is 0.697. The third-order valence-corrected chi connectivity index (χ3v) is 3.19. The van der Waals surface area contributed by atoms with Crippen LogP contribution in [0, 0.1) is 0 Å². The maximum Gasteiger partial charge on any atom is 0.237 e. The highest BCUT2D eigenvalue weighted by Gasteiger charge is 2.22. The Morgan fingerprint density at radius 1 is 1.31 bits per heavy atom. The number of carbonyl (C=O) groups is 1. The van der Waals surface area contributed by atoms with Crippen molar-refractivity contribution in [2.75, 3.05) is 12.8 Å². The standard InChI is InChI=1S/C11H15NOS.C2H6/c1-4-6-7-9-10(5-2)14-8-11(13)12(9)3;1-2/h4-7H,8H2,1-3H3;1-2H3/b6-4-,9-7+,10-5+;. The average Bonchev–Trinajstić information content (AvgIpc) is 2.33. The van der Waals surface area contributed by atoms with Gasteiger partial charge in [-0.25, -0.2) is 0 Å². The van der Waals surface area contributed by atoms with Gasteiger partial charge >= 0.3 is 0 Å². The molecule has 16 heavy (non-hydrogen) atoms. The van der Waals surface area contributed by atoms with Gasteiger partial charge in [0, 0.05) is 12.0 Å². The van der Waals surface area contributed by atoms with Crippen molar-refractivity contribution in [1.29, 1.82) is 0 Å². The number of likely N-dealkylation sites (N-methyl/N-ethyl adjacent to an activating group) is 1. The Hall–Kier alpha value is -0.960. The van der Waals surface area contributed by atoms with Gasteiger partial charge in [0.05, 0.1) is 11.4 Å². The molecule has 1 saturated heterocycles. The largest absolute Gasteiger partial charge is 0.314 e. The highest BCUT2D eigenvalue weighted by molar-refractivity contribution is 8.04. The summed E-state index contributed by atoms with van der Waals surface area (Å²) in [4.78, 5) is 14.3. The summed E-state index contributed by atoms with van der Waals surface area (Å²) in [5.74, 6) is 0.708. The van der Waals surface area contributed by atoms with Gasteiger partial charge in [0.25, 0.3) is 0 Å². The summed E-state index contributed by atoms with van der Waals surface area (Å²) in [6.07, 6.45) is 7.93. The molecule has 90 valence electrons. The van der Waals surface area contributed by atoms with E-state index in [2.05, 4.69) is 0 Å². The molecule has 0 aromatic rings. The fourth-order valence-electron chi connectivity index (χ4n) is 1.22. The van der Waals surface area contributed by atoms with Crippen LogP contribution in [0.3, 0.4) is 0 Å². The Balaban J connectivity index is 0.00000106. The lowest BCUT2D eigenvalue weighted by atomic mass is 10.3. The van der Waals surface area contributed by atoms with Crippen molar-refractivity contribution in [3.63, 3.8) is 0 Å². The predicted octanol–water partition coefficient (Wildman–Crippen LogP) is 3.58. The van der Waals surface area contributed by atoms with Crippen LogP contribution in [0.2, 0.25) is 0 Å². The fraction of sp³-hybridized carbons (Fsp3) is 0.462. The van der Waals surface area contributed by atoms with Crippen molar-refractivity contribution in [1.82, 2.24) is 4.90 Å². The first-order valence-electron chi connectivity index (χ1n) is 5.59. The number of hydrogen-bond acceptors (Lipinski definition) is 2. The summed E-state index contributed by atoms with van der Waals surface area (Å²) in [5, 5.41) is 0.